The molecule has 4 saturated heterocycles. The number of rotatable bonds is 4. The number of anilines is 1. The van der Waals surface area contributed by atoms with Gasteiger partial charge in [-0.3, -0.25) is 4.90 Å². The van der Waals surface area contributed by atoms with Crippen LogP contribution in [-0.2, 0) is 0 Å². The molecule has 45 heavy (non-hydrogen) atoms. The van der Waals surface area contributed by atoms with Crippen LogP contribution in [0.1, 0.15) is 37.7 Å². The van der Waals surface area contributed by atoms with Crippen molar-refractivity contribution in [3.8, 4) is 28.9 Å². The van der Waals surface area contributed by atoms with Gasteiger partial charge in [-0.05, 0) is 73.7 Å². The lowest BCUT2D eigenvalue weighted by Crippen LogP contribution is -2.60. The Balaban J connectivity index is 1.24. The highest BCUT2D eigenvalue weighted by atomic mass is 19.1. The molecule has 4 aromatic rings. The van der Waals surface area contributed by atoms with Crippen LogP contribution in [0.5, 0.6) is 17.6 Å². The molecule has 0 aliphatic carbocycles. The Hall–Kier alpha value is -3.90. The lowest BCUT2D eigenvalue weighted by Gasteiger charge is -2.40. The average molecular weight is 619 g/mol. The Morgan fingerprint density at radius 3 is 2.91 bits per heavy atom. The minimum absolute atomic E-state index is 0.0116. The van der Waals surface area contributed by atoms with Crippen molar-refractivity contribution in [2.75, 3.05) is 37.7 Å². The van der Waals surface area contributed by atoms with E-state index in [0.29, 0.717) is 53.7 Å². The first kappa shape index (κ1) is 27.4. The number of nitrogens with one attached hydrogen (secondary N) is 1. The summed E-state index contributed by atoms with van der Waals surface area (Å²) in [5.41, 5.74) is -0.0280. The maximum Gasteiger partial charge on any atom is 0.319 e. The molecule has 7 heterocycles. The first-order valence-corrected chi connectivity index (χ1v) is 15.8. The van der Waals surface area contributed by atoms with Crippen LogP contribution in [0.15, 0.2) is 24.3 Å². The molecule has 5 aliphatic heterocycles. The minimum atomic E-state index is -0.913. The lowest BCUT2D eigenvalue weighted by atomic mass is 9.95. The molecule has 0 radical (unpaired) electrons. The van der Waals surface area contributed by atoms with Gasteiger partial charge in [0.1, 0.15) is 53.4 Å². The Morgan fingerprint density at radius 2 is 2.02 bits per heavy atom. The van der Waals surface area contributed by atoms with Crippen molar-refractivity contribution >= 4 is 27.5 Å². The molecule has 9 nitrogen and oxygen atoms in total. The maximum absolute atomic E-state index is 16.9. The number of phenolic OH excluding ortho intramolecular Hbond substituents is 1. The highest BCUT2D eigenvalue weighted by molar-refractivity contribution is 6.03. The van der Waals surface area contributed by atoms with E-state index in [-0.39, 0.29) is 59.1 Å². The van der Waals surface area contributed by atoms with Crippen LogP contribution >= 0.6 is 0 Å². The van der Waals surface area contributed by atoms with Gasteiger partial charge in [-0.15, -0.1) is 0 Å². The van der Waals surface area contributed by atoms with Crippen molar-refractivity contribution in [2.45, 2.75) is 68.9 Å². The molecule has 2 aromatic heterocycles. The Kier molecular flexibility index (Phi) is 5.97. The number of aromatic hydroxyl groups is 1. The fourth-order valence-corrected chi connectivity index (χ4v) is 8.60. The van der Waals surface area contributed by atoms with Crippen molar-refractivity contribution < 1.29 is 27.8 Å². The summed E-state index contributed by atoms with van der Waals surface area (Å²) in [6.07, 6.45) is 3.27. The number of fused-ring (bicyclic) bond motifs is 7. The van der Waals surface area contributed by atoms with Crippen LogP contribution in [0.25, 0.3) is 32.9 Å². The number of phenols is 1. The Labute approximate surface area is 257 Å². The Morgan fingerprint density at radius 1 is 1.13 bits per heavy atom. The third-order valence-corrected chi connectivity index (χ3v) is 10.7. The van der Waals surface area contributed by atoms with E-state index in [2.05, 4.69) is 25.1 Å². The van der Waals surface area contributed by atoms with Gasteiger partial charge in [-0.2, -0.15) is 9.97 Å². The van der Waals surface area contributed by atoms with E-state index in [0.717, 1.165) is 32.2 Å². The summed E-state index contributed by atoms with van der Waals surface area (Å²) in [4.78, 5) is 18.5. The second-order valence-corrected chi connectivity index (χ2v) is 13.3. The van der Waals surface area contributed by atoms with Gasteiger partial charge < -0.3 is 24.8 Å². The number of aromatic nitrogens is 3. The minimum Gasteiger partial charge on any atom is -0.508 e. The number of halogens is 3. The predicted octanol–water partition coefficient (Wildman–Crippen LogP) is 4.79. The summed E-state index contributed by atoms with van der Waals surface area (Å²) in [6.45, 7) is 3.99. The fourth-order valence-electron chi connectivity index (χ4n) is 8.60. The van der Waals surface area contributed by atoms with E-state index in [9.17, 15) is 13.9 Å². The number of aryl methyl sites for hydroxylation is 1. The Bertz CT molecular complexity index is 1890. The summed E-state index contributed by atoms with van der Waals surface area (Å²) in [5.74, 6) is -0.625. The van der Waals surface area contributed by atoms with Crippen molar-refractivity contribution in [1.29, 1.82) is 0 Å². The number of nitrogens with zero attached hydrogens (tertiary/aromatic N) is 5. The van der Waals surface area contributed by atoms with E-state index in [1.807, 2.05) is 0 Å². The third-order valence-electron chi connectivity index (χ3n) is 10.7. The zero-order valence-corrected chi connectivity index (χ0v) is 24.8. The molecular weight excluding hydrogens is 585 g/mol. The van der Waals surface area contributed by atoms with Crippen molar-refractivity contribution in [1.82, 2.24) is 25.2 Å². The third kappa shape index (κ3) is 4.10. The number of benzene rings is 2. The smallest absolute Gasteiger partial charge is 0.319 e. The van der Waals surface area contributed by atoms with Gasteiger partial charge in [0.05, 0.1) is 11.6 Å². The highest BCUT2D eigenvalue weighted by Gasteiger charge is 2.50. The molecule has 5 aliphatic rings. The van der Waals surface area contributed by atoms with E-state index in [1.54, 1.807) is 13.0 Å². The monoisotopic (exact) mass is 618 g/mol. The normalized spacial score (nSPS) is 28.8. The molecule has 12 heteroatoms. The number of alkyl halides is 1. The molecule has 2 bridgehead atoms. The van der Waals surface area contributed by atoms with Crippen molar-refractivity contribution in [3.05, 3.63) is 41.5 Å². The van der Waals surface area contributed by atoms with Gasteiger partial charge in [0, 0.05) is 37.2 Å². The first-order valence-electron chi connectivity index (χ1n) is 15.8. The molecule has 2 N–H and O–H groups in total. The summed E-state index contributed by atoms with van der Waals surface area (Å²) in [6, 6.07) is 6.15. The van der Waals surface area contributed by atoms with Gasteiger partial charge in [0.25, 0.3) is 0 Å². The standard InChI is InChI=1S/C33H33F3N6O3/c1-16-22(35)5-3-17-9-20(43)10-21(25(16)17)28-27(36)29-26-30(42-13-19-4-6-23(37-19)24(42)14-44-31(26)38-28)40-32(39-29)45-15-33-7-2-8-41(33)12-18(34)11-33/h3,5,9-10,18-19,23-24,37,43H,2,4,6-8,11-15H2,1H3/t18-,19-,23+,24-,33+/m1/s1. The molecule has 0 unspecified atom stereocenters. The maximum atomic E-state index is 16.9. The van der Waals surface area contributed by atoms with Crippen molar-refractivity contribution in [2.24, 2.45) is 0 Å². The number of ether oxygens (including phenoxy) is 2. The summed E-state index contributed by atoms with van der Waals surface area (Å²) < 4.78 is 58.9. The van der Waals surface area contributed by atoms with Crippen molar-refractivity contribution in [3.63, 3.8) is 0 Å². The number of piperazine rings is 1. The van der Waals surface area contributed by atoms with Gasteiger partial charge in [-0.25, -0.2) is 18.2 Å². The number of hydrogen-bond acceptors (Lipinski definition) is 9. The SMILES string of the molecule is Cc1c(F)ccc2cc(O)cc(-c3nc4c5c(nc(OC[C@@]67CCCN6C[C@H](F)C7)nc5c3F)N3C[C@H]5CC[C@H](N5)[C@H]3CO4)c12. The van der Waals surface area contributed by atoms with E-state index >= 15 is 4.39 Å². The quantitative estimate of drug-likeness (QED) is 0.335. The summed E-state index contributed by atoms with van der Waals surface area (Å²) in [7, 11) is 0. The molecule has 2 aromatic carbocycles. The van der Waals surface area contributed by atoms with Crippen LogP contribution in [0, 0.1) is 18.6 Å². The summed E-state index contributed by atoms with van der Waals surface area (Å²) in [5, 5.41) is 15.6. The van der Waals surface area contributed by atoms with Gasteiger partial charge in [-0.1, -0.05) is 6.07 Å². The molecule has 9 rings (SSSR count). The second kappa shape index (κ2) is 9.80. The van der Waals surface area contributed by atoms with Crippen LogP contribution in [-0.4, -0.2) is 87.6 Å². The molecule has 5 atom stereocenters. The second-order valence-electron chi connectivity index (χ2n) is 13.3. The van der Waals surface area contributed by atoms with E-state index in [4.69, 9.17) is 14.5 Å². The van der Waals surface area contributed by atoms with E-state index in [1.165, 1.54) is 18.2 Å². The number of pyridine rings is 1. The molecular formula is C33H33F3N6O3. The number of hydrogen-bond donors (Lipinski definition) is 2. The van der Waals surface area contributed by atoms with Gasteiger partial charge in [0.2, 0.25) is 5.88 Å². The van der Waals surface area contributed by atoms with Crippen LogP contribution in [0.4, 0.5) is 19.0 Å². The molecule has 0 amide bonds. The van der Waals surface area contributed by atoms with Gasteiger partial charge >= 0.3 is 6.01 Å². The molecule has 0 spiro atoms. The van der Waals surface area contributed by atoms with Crippen LogP contribution in [0.2, 0.25) is 0 Å². The predicted molar refractivity (Wildman–Crippen MR) is 162 cm³/mol. The van der Waals surface area contributed by atoms with Crippen LogP contribution < -0.4 is 19.7 Å². The zero-order chi connectivity index (χ0) is 30.6. The van der Waals surface area contributed by atoms with Gasteiger partial charge in [0.15, 0.2) is 5.82 Å². The first-order chi connectivity index (χ1) is 21.8. The van der Waals surface area contributed by atoms with E-state index < -0.39 is 23.3 Å². The summed E-state index contributed by atoms with van der Waals surface area (Å²) >= 11 is 0. The topological polar surface area (TPSA) is 95.9 Å². The van der Waals surface area contributed by atoms with Crippen LogP contribution in [0.3, 0.4) is 0 Å². The largest absolute Gasteiger partial charge is 0.508 e. The molecule has 234 valence electrons. The average Bonchev–Trinajstić information content (AvgIpc) is 3.65. The zero-order valence-electron chi connectivity index (χ0n) is 24.8. The highest BCUT2D eigenvalue weighted by Crippen LogP contribution is 2.45. The lowest BCUT2D eigenvalue weighted by molar-refractivity contribution is 0.107. The molecule has 0 saturated carbocycles. The molecule has 4 fully saturated rings. The fraction of sp³-hybridized carbons (Fsp3) is 0.485.